The second-order valence-electron chi connectivity index (χ2n) is 4.38. The summed E-state index contributed by atoms with van der Waals surface area (Å²) in [5.41, 5.74) is 2.78. The Morgan fingerprint density at radius 3 is 2.60 bits per heavy atom. The Hall–Kier alpha value is -2.80. The van der Waals surface area contributed by atoms with E-state index in [1.165, 1.54) is 0 Å². The number of nitriles is 1. The van der Waals surface area contributed by atoms with Gasteiger partial charge in [-0.3, -0.25) is 4.79 Å². The molecule has 4 nitrogen and oxygen atoms in total. The maximum absolute atomic E-state index is 11.9. The van der Waals surface area contributed by atoms with E-state index >= 15 is 0 Å². The molecule has 0 aromatic heterocycles. The second kappa shape index (κ2) is 6.39. The van der Waals surface area contributed by atoms with Crippen LogP contribution < -0.4 is 10.6 Å². The van der Waals surface area contributed by atoms with Crippen LogP contribution in [-0.4, -0.2) is 12.5 Å². The lowest BCUT2D eigenvalue weighted by Gasteiger charge is -2.10. The van der Waals surface area contributed by atoms with Gasteiger partial charge in [0.2, 0.25) is 5.91 Å². The van der Waals surface area contributed by atoms with Crippen LogP contribution in [0.5, 0.6) is 0 Å². The van der Waals surface area contributed by atoms with Gasteiger partial charge in [0.15, 0.2) is 0 Å². The van der Waals surface area contributed by atoms with E-state index in [-0.39, 0.29) is 12.5 Å². The number of carbonyl (C=O) groups excluding carboxylic acids is 1. The highest BCUT2D eigenvalue weighted by Crippen LogP contribution is 2.18. The van der Waals surface area contributed by atoms with Crippen molar-refractivity contribution in [3.63, 3.8) is 0 Å². The Bertz CT molecular complexity index is 645. The molecule has 0 radical (unpaired) electrons. The molecular weight excluding hydrogens is 250 g/mol. The molecule has 0 aliphatic carbocycles. The number of anilines is 2. The van der Waals surface area contributed by atoms with Crippen LogP contribution >= 0.6 is 0 Å². The summed E-state index contributed by atoms with van der Waals surface area (Å²) in [4.78, 5) is 11.9. The molecule has 2 N–H and O–H groups in total. The second-order valence-corrected chi connectivity index (χ2v) is 4.38. The summed E-state index contributed by atoms with van der Waals surface area (Å²) in [6.45, 7) is 2.00. The van der Waals surface area contributed by atoms with Gasteiger partial charge in [0.25, 0.3) is 0 Å². The van der Waals surface area contributed by atoms with Gasteiger partial charge < -0.3 is 10.6 Å². The number of aryl methyl sites for hydroxylation is 1. The van der Waals surface area contributed by atoms with Gasteiger partial charge >= 0.3 is 0 Å². The largest absolute Gasteiger partial charge is 0.376 e. The summed E-state index contributed by atoms with van der Waals surface area (Å²) in [6.07, 6.45) is 0. The van der Waals surface area contributed by atoms with Crippen LogP contribution in [0.1, 0.15) is 11.1 Å². The summed E-state index contributed by atoms with van der Waals surface area (Å²) in [5.74, 6) is -0.184. The predicted molar refractivity (Wildman–Crippen MR) is 79.5 cm³/mol. The van der Waals surface area contributed by atoms with Crippen molar-refractivity contribution in [2.75, 3.05) is 17.2 Å². The zero-order valence-corrected chi connectivity index (χ0v) is 11.2. The topological polar surface area (TPSA) is 64.9 Å². The molecule has 0 heterocycles. The standard InChI is InChI=1S/C16H15N3O/c1-12-6-5-9-15(14(12)10-17)19-16(20)11-18-13-7-3-2-4-8-13/h2-9,18H,11H2,1H3,(H,19,20). The van der Waals surface area contributed by atoms with Crippen molar-refractivity contribution >= 4 is 17.3 Å². The summed E-state index contributed by atoms with van der Waals surface area (Å²) >= 11 is 0. The molecule has 2 rings (SSSR count). The van der Waals surface area contributed by atoms with Crippen molar-refractivity contribution in [2.45, 2.75) is 6.92 Å². The monoisotopic (exact) mass is 265 g/mol. The third-order valence-corrected chi connectivity index (χ3v) is 2.89. The molecule has 0 aliphatic heterocycles. The summed E-state index contributed by atoms with van der Waals surface area (Å²) in [7, 11) is 0. The molecule has 0 fully saturated rings. The molecule has 4 heteroatoms. The third kappa shape index (κ3) is 3.36. The zero-order chi connectivity index (χ0) is 14.4. The Morgan fingerprint density at radius 1 is 1.15 bits per heavy atom. The van der Waals surface area contributed by atoms with Crippen molar-refractivity contribution in [2.24, 2.45) is 0 Å². The molecule has 2 aromatic carbocycles. The highest BCUT2D eigenvalue weighted by molar-refractivity contribution is 5.95. The molecule has 0 bridgehead atoms. The van der Waals surface area contributed by atoms with Gasteiger partial charge in [-0.05, 0) is 30.7 Å². The van der Waals surface area contributed by atoms with Crippen LogP contribution in [0.25, 0.3) is 0 Å². The number of hydrogen-bond donors (Lipinski definition) is 2. The first-order valence-electron chi connectivity index (χ1n) is 6.29. The Balaban J connectivity index is 1.99. The first-order chi connectivity index (χ1) is 9.70. The lowest BCUT2D eigenvalue weighted by molar-refractivity contribution is -0.114. The maximum atomic E-state index is 11.9. The summed E-state index contributed by atoms with van der Waals surface area (Å²) < 4.78 is 0. The number of amides is 1. The molecule has 100 valence electrons. The Labute approximate surface area is 118 Å². The lowest BCUT2D eigenvalue weighted by Crippen LogP contribution is -2.22. The van der Waals surface area contributed by atoms with Crippen molar-refractivity contribution < 1.29 is 4.79 Å². The maximum Gasteiger partial charge on any atom is 0.243 e. The van der Waals surface area contributed by atoms with Crippen LogP contribution in [0.2, 0.25) is 0 Å². The number of benzene rings is 2. The van der Waals surface area contributed by atoms with E-state index in [2.05, 4.69) is 16.7 Å². The number of para-hydroxylation sites is 1. The number of nitrogens with zero attached hydrogens (tertiary/aromatic N) is 1. The fourth-order valence-electron chi connectivity index (χ4n) is 1.85. The number of hydrogen-bond acceptors (Lipinski definition) is 3. The van der Waals surface area contributed by atoms with E-state index in [0.29, 0.717) is 11.3 Å². The van der Waals surface area contributed by atoms with Crippen molar-refractivity contribution in [1.82, 2.24) is 0 Å². The Morgan fingerprint density at radius 2 is 1.90 bits per heavy atom. The fourth-order valence-corrected chi connectivity index (χ4v) is 1.85. The minimum Gasteiger partial charge on any atom is -0.376 e. The van der Waals surface area contributed by atoms with Crippen molar-refractivity contribution in [3.8, 4) is 6.07 Å². The first kappa shape index (κ1) is 13.6. The van der Waals surface area contributed by atoms with Gasteiger partial charge in [-0.1, -0.05) is 30.3 Å². The molecule has 1 amide bonds. The average molecular weight is 265 g/mol. The molecule has 0 spiro atoms. The summed E-state index contributed by atoms with van der Waals surface area (Å²) in [6, 6.07) is 17.0. The number of rotatable bonds is 4. The minimum atomic E-state index is -0.184. The minimum absolute atomic E-state index is 0.156. The van der Waals surface area contributed by atoms with E-state index in [1.807, 2.05) is 49.4 Å². The van der Waals surface area contributed by atoms with Crippen LogP contribution in [-0.2, 0) is 4.79 Å². The van der Waals surface area contributed by atoms with Gasteiger partial charge in [-0.2, -0.15) is 5.26 Å². The van der Waals surface area contributed by atoms with Gasteiger partial charge in [0.1, 0.15) is 6.07 Å². The highest BCUT2D eigenvalue weighted by Gasteiger charge is 2.08. The van der Waals surface area contributed by atoms with E-state index in [9.17, 15) is 4.79 Å². The normalized spacial score (nSPS) is 9.60. The lowest BCUT2D eigenvalue weighted by atomic mass is 10.1. The molecule has 0 atom stereocenters. The van der Waals surface area contributed by atoms with Gasteiger partial charge in [-0.15, -0.1) is 0 Å². The summed E-state index contributed by atoms with van der Waals surface area (Å²) in [5, 5.41) is 14.9. The van der Waals surface area contributed by atoms with Crippen LogP contribution in [0.4, 0.5) is 11.4 Å². The third-order valence-electron chi connectivity index (χ3n) is 2.89. The van der Waals surface area contributed by atoms with Crippen LogP contribution in [0.15, 0.2) is 48.5 Å². The smallest absolute Gasteiger partial charge is 0.243 e. The van der Waals surface area contributed by atoms with Crippen molar-refractivity contribution in [3.05, 3.63) is 59.7 Å². The Kier molecular flexibility index (Phi) is 4.35. The number of carbonyl (C=O) groups is 1. The molecule has 0 saturated carbocycles. The van der Waals surface area contributed by atoms with Gasteiger partial charge in [0, 0.05) is 5.69 Å². The van der Waals surface area contributed by atoms with Crippen molar-refractivity contribution in [1.29, 1.82) is 5.26 Å². The van der Waals surface area contributed by atoms with Gasteiger partial charge in [-0.25, -0.2) is 0 Å². The fraction of sp³-hybridized carbons (Fsp3) is 0.125. The van der Waals surface area contributed by atoms with Gasteiger partial charge in [0.05, 0.1) is 17.8 Å². The van der Waals surface area contributed by atoms with E-state index in [0.717, 1.165) is 11.3 Å². The molecule has 20 heavy (non-hydrogen) atoms. The SMILES string of the molecule is Cc1cccc(NC(=O)CNc2ccccc2)c1C#N. The zero-order valence-electron chi connectivity index (χ0n) is 11.2. The highest BCUT2D eigenvalue weighted by atomic mass is 16.1. The molecule has 0 unspecified atom stereocenters. The molecule has 0 aliphatic rings. The number of nitrogens with one attached hydrogen (secondary N) is 2. The predicted octanol–water partition coefficient (Wildman–Crippen LogP) is 2.92. The van der Waals surface area contributed by atoms with Crippen LogP contribution in [0.3, 0.4) is 0 Å². The average Bonchev–Trinajstić information content (AvgIpc) is 2.46. The van der Waals surface area contributed by atoms with E-state index in [1.54, 1.807) is 6.07 Å². The van der Waals surface area contributed by atoms with E-state index in [4.69, 9.17) is 5.26 Å². The first-order valence-corrected chi connectivity index (χ1v) is 6.29. The molecule has 2 aromatic rings. The van der Waals surface area contributed by atoms with Crippen LogP contribution in [0, 0.1) is 18.3 Å². The quantitative estimate of drug-likeness (QED) is 0.893. The van der Waals surface area contributed by atoms with E-state index < -0.39 is 0 Å². The molecule has 0 saturated heterocycles. The molecular formula is C16H15N3O.